The Morgan fingerprint density at radius 1 is 1.10 bits per heavy atom. The molecule has 0 fully saturated rings. The van der Waals surface area contributed by atoms with Crippen molar-refractivity contribution in [3.8, 4) is 11.4 Å². The Kier molecular flexibility index (Phi) is 3.52. The maximum Gasteiger partial charge on any atom is 0.162 e. The first-order chi connectivity index (χ1) is 10.2. The fourth-order valence-electron chi connectivity index (χ4n) is 2.64. The highest BCUT2D eigenvalue weighted by Gasteiger charge is 2.12. The van der Waals surface area contributed by atoms with E-state index in [2.05, 4.69) is 23.3 Å². The summed E-state index contributed by atoms with van der Waals surface area (Å²) in [6.45, 7) is 4.16. The van der Waals surface area contributed by atoms with Crippen LogP contribution >= 0.6 is 0 Å². The van der Waals surface area contributed by atoms with Crippen molar-refractivity contribution in [2.75, 3.05) is 12.4 Å². The monoisotopic (exact) mass is 278 g/mol. The maximum atomic E-state index is 4.69. The molecule has 0 bridgehead atoms. The highest BCUT2D eigenvalue weighted by Crippen LogP contribution is 2.27. The molecule has 106 valence electrons. The van der Waals surface area contributed by atoms with Gasteiger partial charge in [0.2, 0.25) is 0 Å². The van der Waals surface area contributed by atoms with Gasteiger partial charge in [0, 0.05) is 35.5 Å². The third kappa shape index (κ3) is 2.33. The summed E-state index contributed by atoms with van der Waals surface area (Å²) in [5.41, 5.74) is 4.16. The molecular formula is C17H18N4. The molecule has 4 nitrogen and oxygen atoms in total. The predicted octanol–water partition coefficient (Wildman–Crippen LogP) is 3.60. The molecule has 1 N–H and O–H groups in total. The highest BCUT2D eigenvalue weighted by atomic mass is 15.0. The molecule has 1 aromatic carbocycles. The highest BCUT2D eigenvalue weighted by molar-refractivity contribution is 5.92. The van der Waals surface area contributed by atoms with E-state index in [1.54, 1.807) is 0 Å². The number of pyridine rings is 1. The van der Waals surface area contributed by atoms with Gasteiger partial charge in [0.1, 0.15) is 5.82 Å². The lowest BCUT2D eigenvalue weighted by atomic mass is 10.1. The number of nitrogens with one attached hydrogen (secondary N) is 1. The lowest BCUT2D eigenvalue weighted by Crippen LogP contribution is -2.05. The third-order valence-corrected chi connectivity index (χ3v) is 3.69. The summed E-state index contributed by atoms with van der Waals surface area (Å²) in [4.78, 5) is 13.8. The zero-order chi connectivity index (χ0) is 14.8. The van der Waals surface area contributed by atoms with Crippen molar-refractivity contribution in [2.24, 2.45) is 0 Å². The van der Waals surface area contributed by atoms with Gasteiger partial charge in [-0.3, -0.25) is 4.98 Å². The van der Waals surface area contributed by atoms with Gasteiger partial charge < -0.3 is 5.32 Å². The molecule has 0 atom stereocenters. The van der Waals surface area contributed by atoms with Gasteiger partial charge in [-0.25, -0.2) is 9.97 Å². The van der Waals surface area contributed by atoms with E-state index in [1.165, 1.54) is 5.56 Å². The van der Waals surface area contributed by atoms with Crippen LogP contribution in [-0.4, -0.2) is 22.0 Å². The van der Waals surface area contributed by atoms with Crippen molar-refractivity contribution in [2.45, 2.75) is 20.3 Å². The lowest BCUT2D eigenvalue weighted by molar-refractivity contribution is 1.00. The van der Waals surface area contributed by atoms with E-state index in [-0.39, 0.29) is 0 Å². The van der Waals surface area contributed by atoms with E-state index in [9.17, 15) is 0 Å². The summed E-state index contributed by atoms with van der Waals surface area (Å²) >= 11 is 0. The van der Waals surface area contributed by atoms with Crippen LogP contribution in [0, 0.1) is 6.92 Å². The van der Waals surface area contributed by atoms with E-state index >= 15 is 0 Å². The summed E-state index contributed by atoms with van der Waals surface area (Å²) in [6, 6.07) is 10.0. The van der Waals surface area contributed by atoms with E-state index in [4.69, 9.17) is 9.97 Å². The van der Waals surface area contributed by atoms with Crippen LogP contribution in [0.25, 0.3) is 22.3 Å². The number of nitrogens with zero attached hydrogens (tertiary/aromatic N) is 3. The molecule has 0 unspecified atom stereocenters. The Labute approximate surface area is 124 Å². The molecule has 2 heterocycles. The molecule has 0 radical (unpaired) electrons. The second-order valence-corrected chi connectivity index (χ2v) is 4.94. The van der Waals surface area contributed by atoms with Crippen LogP contribution < -0.4 is 5.32 Å². The first-order valence-electron chi connectivity index (χ1n) is 7.14. The molecule has 0 aliphatic heterocycles. The summed E-state index contributed by atoms with van der Waals surface area (Å²) in [5.74, 6) is 1.65. The smallest absolute Gasteiger partial charge is 0.162 e. The average Bonchev–Trinajstić information content (AvgIpc) is 2.53. The van der Waals surface area contributed by atoms with Gasteiger partial charge in [0.05, 0.1) is 5.52 Å². The zero-order valence-corrected chi connectivity index (χ0v) is 12.5. The molecule has 0 saturated heterocycles. The number of rotatable bonds is 3. The molecule has 3 rings (SSSR count). The van der Waals surface area contributed by atoms with Crippen molar-refractivity contribution < 1.29 is 0 Å². The van der Waals surface area contributed by atoms with Crippen molar-refractivity contribution in [1.29, 1.82) is 0 Å². The Bertz CT molecular complexity index is 791. The number of benzene rings is 1. The molecule has 4 heteroatoms. The van der Waals surface area contributed by atoms with E-state index in [0.717, 1.165) is 40.2 Å². The van der Waals surface area contributed by atoms with Crippen LogP contribution in [0.5, 0.6) is 0 Å². The standard InChI is InChI=1S/C17H18N4/c1-4-12-11(2)20-17(21-16(12)18-3)14-9-10-19-15-8-6-5-7-13(14)15/h5-10H,4H2,1-3H3,(H,18,20,21). The maximum absolute atomic E-state index is 4.69. The van der Waals surface area contributed by atoms with Crippen LogP contribution in [0.4, 0.5) is 5.82 Å². The Hall–Kier alpha value is -2.49. The molecule has 0 aliphatic rings. The molecule has 0 spiro atoms. The molecule has 0 amide bonds. The van der Waals surface area contributed by atoms with E-state index in [1.807, 2.05) is 44.4 Å². The number of aryl methyl sites for hydroxylation is 1. The molecule has 3 aromatic rings. The summed E-state index contributed by atoms with van der Waals surface area (Å²) < 4.78 is 0. The fourth-order valence-corrected chi connectivity index (χ4v) is 2.64. The normalized spacial score (nSPS) is 10.8. The van der Waals surface area contributed by atoms with Gasteiger partial charge in [-0.05, 0) is 25.5 Å². The minimum absolute atomic E-state index is 0.743. The van der Waals surface area contributed by atoms with Gasteiger partial charge in [-0.15, -0.1) is 0 Å². The van der Waals surface area contributed by atoms with Crippen molar-refractivity contribution in [3.05, 3.63) is 47.8 Å². The fraction of sp³-hybridized carbons (Fsp3) is 0.235. The second-order valence-electron chi connectivity index (χ2n) is 4.94. The van der Waals surface area contributed by atoms with Crippen LogP contribution in [-0.2, 0) is 6.42 Å². The first-order valence-corrected chi connectivity index (χ1v) is 7.14. The predicted molar refractivity (Wildman–Crippen MR) is 86.4 cm³/mol. The number of hydrogen-bond donors (Lipinski definition) is 1. The number of fused-ring (bicyclic) bond motifs is 1. The topological polar surface area (TPSA) is 50.7 Å². The average molecular weight is 278 g/mol. The van der Waals surface area contributed by atoms with E-state index < -0.39 is 0 Å². The van der Waals surface area contributed by atoms with Crippen molar-refractivity contribution >= 4 is 16.7 Å². The third-order valence-electron chi connectivity index (χ3n) is 3.69. The second kappa shape index (κ2) is 5.48. The summed E-state index contributed by atoms with van der Waals surface area (Å²) in [5, 5.41) is 4.25. The van der Waals surface area contributed by atoms with Gasteiger partial charge in [0.15, 0.2) is 5.82 Å². The SMILES string of the molecule is CCc1c(C)nc(-c2ccnc3ccccc23)nc1NC. The van der Waals surface area contributed by atoms with Crippen LogP contribution in [0.3, 0.4) is 0 Å². The van der Waals surface area contributed by atoms with Crippen LogP contribution in [0.2, 0.25) is 0 Å². The molecule has 21 heavy (non-hydrogen) atoms. The largest absolute Gasteiger partial charge is 0.373 e. The van der Waals surface area contributed by atoms with Gasteiger partial charge in [-0.1, -0.05) is 25.1 Å². The van der Waals surface area contributed by atoms with Gasteiger partial charge in [0.25, 0.3) is 0 Å². The minimum atomic E-state index is 0.743. The quantitative estimate of drug-likeness (QED) is 0.795. The van der Waals surface area contributed by atoms with Gasteiger partial charge >= 0.3 is 0 Å². The zero-order valence-electron chi connectivity index (χ0n) is 12.5. The Balaban J connectivity index is 2.26. The number of para-hydroxylation sites is 1. The number of aromatic nitrogens is 3. The van der Waals surface area contributed by atoms with Gasteiger partial charge in [-0.2, -0.15) is 0 Å². The Morgan fingerprint density at radius 3 is 2.67 bits per heavy atom. The van der Waals surface area contributed by atoms with E-state index in [0.29, 0.717) is 0 Å². The molecule has 2 aromatic heterocycles. The molecular weight excluding hydrogens is 260 g/mol. The van der Waals surface area contributed by atoms with Crippen LogP contribution in [0.1, 0.15) is 18.2 Å². The molecule has 0 aliphatic carbocycles. The summed E-state index contributed by atoms with van der Waals surface area (Å²) in [7, 11) is 1.90. The lowest BCUT2D eigenvalue weighted by Gasteiger charge is -2.12. The minimum Gasteiger partial charge on any atom is -0.373 e. The number of anilines is 1. The summed E-state index contributed by atoms with van der Waals surface area (Å²) in [6.07, 6.45) is 2.72. The van der Waals surface area contributed by atoms with Crippen LogP contribution in [0.15, 0.2) is 36.5 Å². The first kappa shape index (κ1) is 13.5. The van der Waals surface area contributed by atoms with Crippen molar-refractivity contribution in [3.63, 3.8) is 0 Å². The Morgan fingerprint density at radius 2 is 1.90 bits per heavy atom. The number of hydrogen-bond acceptors (Lipinski definition) is 4. The van der Waals surface area contributed by atoms with Crippen molar-refractivity contribution in [1.82, 2.24) is 15.0 Å². The molecule has 0 saturated carbocycles.